The summed E-state index contributed by atoms with van der Waals surface area (Å²) < 4.78 is 13.0. The average Bonchev–Trinajstić information content (AvgIpc) is 2.59. The largest absolute Gasteiger partial charge is 0.370 e. The molecule has 1 aliphatic rings. The van der Waals surface area contributed by atoms with Crippen molar-refractivity contribution in [1.29, 1.82) is 5.26 Å². The molecule has 1 aromatic carbocycles. The first-order chi connectivity index (χ1) is 7.61. The standard InChI is InChI=1S/C13H15FN2/c1-9-7-16(8-10(9)2)13-4-3-12(14)5-11(13)6-15/h3-5,9-10H,7-8H2,1-2H3. The quantitative estimate of drug-likeness (QED) is 0.724. The van der Waals surface area contributed by atoms with E-state index in [1.807, 2.05) is 0 Å². The summed E-state index contributed by atoms with van der Waals surface area (Å²) in [6.07, 6.45) is 0. The van der Waals surface area contributed by atoms with Crippen molar-refractivity contribution in [3.05, 3.63) is 29.6 Å². The van der Waals surface area contributed by atoms with Crippen molar-refractivity contribution in [2.24, 2.45) is 11.8 Å². The van der Waals surface area contributed by atoms with Crippen LogP contribution in [0.2, 0.25) is 0 Å². The summed E-state index contributed by atoms with van der Waals surface area (Å²) in [5.41, 5.74) is 1.29. The van der Waals surface area contributed by atoms with Crippen molar-refractivity contribution in [2.45, 2.75) is 13.8 Å². The number of rotatable bonds is 1. The lowest BCUT2D eigenvalue weighted by atomic mass is 10.0. The van der Waals surface area contributed by atoms with E-state index in [0.717, 1.165) is 18.8 Å². The third-order valence-corrected chi connectivity index (χ3v) is 3.41. The molecule has 3 heteroatoms. The van der Waals surface area contributed by atoms with Crippen LogP contribution >= 0.6 is 0 Å². The Morgan fingerprint density at radius 2 is 1.94 bits per heavy atom. The third-order valence-electron chi connectivity index (χ3n) is 3.41. The fourth-order valence-electron chi connectivity index (χ4n) is 2.20. The van der Waals surface area contributed by atoms with E-state index < -0.39 is 0 Å². The van der Waals surface area contributed by atoms with Gasteiger partial charge in [-0.05, 0) is 30.0 Å². The van der Waals surface area contributed by atoms with Crippen molar-refractivity contribution in [3.8, 4) is 6.07 Å². The molecule has 84 valence electrons. The Hall–Kier alpha value is -1.56. The van der Waals surface area contributed by atoms with Crippen molar-refractivity contribution in [1.82, 2.24) is 0 Å². The van der Waals surface area contributed by atoms with Gasteiger partial charge in [-0.3, -0.25) is 0 Å². The molecule has 1 saturated heterocycles. The zero-order valence-electron chi connectivity index (χ0n) is 9.57. The molecule has 0 spiro atoms. The lowest BCUT2D eigenvalue weighted by Crippen LogP contribution is -2.20. The number of nitriles is 1. The fourth-order valence-corrected chi connectivity index (χ4v) is 2.20. The van der Waals surface area contributed by atoms with Gasteiger partial charge in [0.05, 0.1) is 11.3 Å². The molecule has 0 aliphatic carbocycles. The highest BCUT2D eigenvalue weighted by Crippen LogP contribution is 2.30. The fraction of sp³-hybridized carbons (Fsp3) is 0.462. The minimum atomic E-state index is -0.347. The van der Waals surface area contributed by atoms with E-state index >= 15 is 0 Å². The summed E-state index contributed by atoms with van der Waals surface area (Å²) in [6.45, 7) is 6.31. The van der Waals surface area contributed by atoms with Crippen LogP contribution in [-0.4, -0.2) is 13.1 Å². The first-order valence-corrected chi connectivity index (χ1v) is 5.56. The Labute approximate surface area is 95.3 Å². The Bertz CT molecular complexity index is 426. The van der Waals surface area contributed by atoms with Crippen molar-refractivity contribution in [2.75, 3.05) is 18.0 Å². The Morgan fingerprint density at radius 3 is 2.50 bits per heavy atom. The number of hydrogen-bond acceptors (Lipinski definition) is 2. The van der Waals surface area contributed by atoms with Gasteiger partial charge in [-0.2, -0.15) is 5.26 Å². The number of halogens is 1. The van der Waals surface area contributed by atoms with E-state index in [4.69, 9.17) is 5.26 Å². The van der Waals surface area contributed by atoms with Crippen LogP contribution in [0.3, 0.4) is 0 Å². The smallest absolute Gasteiger partial charge is 0.124 e. The van der Waals surface area contributed by atoms with Crippen LogP contribution in [0.5, 0.6) is 0 Å². The Morgan fingerprint density at radius 1 is 1.31 bits per heavy atom. The van der Waals surface area contributed by atoms with Crippen molar-refractivity contribution >= 4 is 5.69 Å². The van der Waals surface area contributed by atoms with Crippen LogP contribution in [0, 0.1) is 29.0 Å². The molecule has 0 bridgehead atoms. The molecule has 2 unspecified atom stereocenters. The zero-order chi connectivity index (χ0) is 11.7. The molecule has 0 aromatic heterocycles. The van der Waals surface area contributed by atoms with Gasteiger partial charge < -0.3 is 4.90 Å². The van der Waals surface area contributed by atoms with Crippen LogP contribution in [0.15, 0.2) is 18.2 Å². The minimum Gasteiger partial charge on any atom is -0.370 e. The first-order valence-electron chi connectivity index (χ1n) is 5.56. The number of anilines is 1. The summed E-state index contributed by atoms with van der Waals surface area (Å²) in [5, 5.41) is 8.99. The van der Waals surface area contributed by atoms with Gasteiger partial charge >= 0.3 is 0 Å². The molecule has 16 heavy (non-hydrogen) atoms. The Balaban J connectivity index is 2.32. The molecular weight excluding hydrogens is 203 g/mol. The molecule has 2 atom stereocenters. The first kappa shape index (κ1) is 10.9. The van der Waals surface area contributed by atoms with Gasteiger partial charge in [-0.25, -0.2) is 4.39 Å². The summed E-state index contributed by atoms with van der Waals surface area (Å²) in [6, 6.07) is 6.50. The maximum atomic E-state index is 13.0. The average molecular weight is 218 g/mol. The van der Waals surface area contributed by atoms with Gasteiger partial charge in [0.2, 0.25) is 0 Å². The Kier molecular flexibility index (Phi) is 2.82. The lowest BCUT2D eigenvalue weighted by molar-refractivity contribution is 0.494. The van der Waals surface area contributed by atoms with Crippen molar-refractivity contribution in [3.63, 3.8) is 0 Å². The molecule has 0 radical (unpaired) electrons. The second-order valence-electron chi connectivity index (χ2n) is 4.63. The number of hydrogen-bond donors (Lipinski definition) is 0. The number of nitrogens with zero attached hydrogens (tertiary/aromatic N) is 2. The van der Waals surface area contributed by atoms with E-state index in [-0.39, 0.29) is 5.82 Å². The SMILES string of the molecule is CC1CN(c2ccc(F)cc2C#N)CC1C. The zero-order valence-corrected chi connectivity index (χ0v) is 9.57. The van der Waals surface area contributed by atoms with Gasteiger partial charge in [0, 0.05) is 13.1 Å². The van der Waals surface area contributed by atoms with Crippen LogP contribution in [0.25, 0.3) is 0 Å². The van der Waals surface area contributed by atoms with Crippen LogP contribution < -0.4 is 4.90 Å². The van der Waals surface area contributed by atoms with Gasteiger partial charge in [0.25, 0.3) is 0 Å². The summed E-state index contributed by atoms with van der Waals surface area (Å²) in [5.74, 6) is 0.897. The highest BCUT2D eigenvalue weighted by molar-refractivity contribution is 5.60. The summed E-state index contributed by atoms with van der Waals surface area (Å²) in [7, 11) is 0. The summed E-state index contributed by atoms with van der Waals surface area (Å²) in [4.78, 5) is 2.17. The van der Waals surface area contributed by atoms with Gasteiger partial charge in [-0.1, -0.05) is 13.8 Å². The molecule has 1 aliphatic heterocycles. The maximum absolute atomic E-state index is 13.0. The van der Waals surface area contributed by atoms with E-state index in [0.29, 0.717) is 17.4 Å². The van der Waals surface area contributed by atoms with Crippen LogP contribution in [0.1, 0.15) is 19.4 Å². The molecular formula is C13H15FN2. The molecule has 0 amide bonds. The molecule has 1 fully saturated rings. The minimum absolute atomic E-state index is 0.347. The second kappa shape index (κ2) is 4.13. The normalized spacial score (nSPS) is 24.5. The molecule has 2 nitrogen and oxygen atoms in total. The molecule has 1 aromatic rings. The van der Waals surface area contributed by atoms with E-state index in [9.17, 15) is 4.39 Å². The predicted molar refractivity (Wildman–Crippen MR) is 61.7 cm³/mol. The second-order valence-corrected chi connectivity index (χ2v) is 4.63. The van der Waals surface area contributed by atoms with Crippen molar-refractivity contribution < 1.29 is 4.39 Å². The maximum Gasteiger partial charge on any atom is 0.124 e. The van der Waals surface area contributed by atoms with Gasteiger partial charge in [0.15, 0.2) is 0 Å². The van der Waals surface area contributed by atoms with Crippen LogP contribution in [0.4, 0.5) is 10.1 Å². The molecule has 2 rings (SSSR count). The molecule has 1 heterocycles. The van der Waals surface area contributed by atoms with E-state index in [1.165, 1.54) is 12.1 Å². The lowest BCUT2D eigenvalue weighted by Gasteiger charge is -2.19. The van der Waals surface area contributed by atoms with E-state index in [2.05, 4.69) is 24.8 Å². The highest BCUT2D eigenvalue weighted by Gasteiger charge is 2.27. The third kappa shape index (κ3) is 1.88. The molecule has 0 N–H and O–H groups in total. The van der Waals surface area contributed by atoms with Crippen LogP contribution in [-0.2, 0) is 0 Å². The van der Waals surface area contributed by atoms with E-state index in [1.54, 1.807) is 6.07 Å². The topological polar surface area (TPSA) is 27.0 Å². The van der Waals surface area contributed by atoms with Gasteiger partial charge in [0.1, 0.15) is 11.9 Å². The highest BCUT2D eigenvalue weighted by atomic mass is 19.1. The summed E-state index contributed by atoms with van der Waals surface area (Å²) >= 11 is 0. The predicted octanol–water partition coefficient (Wildman–Crippen LogP) is 2.79. The van der Waals surface area contributed by atoms with Gasteiger partial charge in [-0.15, -0.1) is 0 Å². The monoisotopic (exact) mass is 218 g/mol. The molecule has 0 saturated carbocycles. The number of benzene rings is 1.